The average Bonchev–Trinajstić information content (AvgIpc) is 2.62. The zero-order valence-electron chi connectivity index (χ0n) is 15.7. The van der Waals surface area contributed by atoms with Crippen LogP contribution in [0.15, 0.2) is 42.5 Å². The van der Waals surface area contributed by atoms with Crippen molar-refractivity contribution >= 4 is 21.6 Å². The number of amides is 1. The van der Waals surface area contributed by atoms with Gasteiger partial charge in [-0.25, -0.2) is 8.42 Å². The Balaban J connectivity index is 2.11. The molecule has 1 amide bonds. The number of carbonyl (C=O) groups excluding carboxylic acids is 1. The molecule has 0 heterocycles. The van der Waals surface area contributed by atoms with E-state index in [0.29, 0.717) is 11.3 Å². The van der Waals surface area contributed by atoms with E-state index in [4.69, 9.17) is 0 Å². The molecule has 2 rings (SSSR count). The first kappa shape index (κ1) is 20.0. The highest BCUT2D eigenvalue weighted by Gasteiger charge is 2.15. The van der Waals surface area contributed by atoms with Crippen molar-refractivity contribution in [1.82, 2.24) is 5.32 Å². The van der Waals surface area contributed by atoms with E-state index in [1.807, 2.05) is 13.0 Å². The second kappa shape index (κ2) is 8.36. The van der Waals surface area contributed by atoms with Crippen LogP contribution in [0.25, 0.3) is 0 Å². The molecule has 1 atom stereocenters. The van der Waals surface area contributed by atoms with Gasteiger partial charge in [0.2, 0.25) is 10.0 Å². The predicted octanol–water partition coefficient (Wildman–Crippen LogP) is 3.95. The van der Waals surface area contributed by atoms with Gasteiger partial charge in [-0.05, 0) is 68.1 Å². The summed E-state index contributed by atoms with van der Waals surface area (Å²) in [5.74, 6) is -0.177. The summed E-state index contributed by atoms with van der Waals surface area (Å²) in [6.45, 7) is 7.72. The lowest BCUT2D eigenvalue weighted by Gasteiger charge is -2.19. The van der Waals surface area contributed by atoms with Crippen LogP contribution in [0.2, 0.25) is 0 Å². The number of hydrogen-bond donors (Lipinski definition) is 2. The minimum absolute atomic E-state index is 0.00336. The number of anilines is 1. The lowest BCUT2D eigenvalue weighted by atomic mass is 9.99. The van der Waals surface area contributed by atoms with E-state index in [2.05, 4.69) is 36.0 Å². The molecule has 0 radical (unpaired) electrons. The molecule has 2 aromatic rings. The summed E-state index contributed by atoms with van der Waals surface area (Å²) in [5.41, 5.74) is 4.44. The highest BCUT2D eigenvalue weighted by Crippen LogP contribution is 2.21. The third-order valence-corrected chi connectivity index (χ3v) is 5.75. The van der Waals surface area contributed by atoms with Gasteiger partial charge in [-0.3, -0.25) is 9.52 Å². The molecule has 0 aliphatic heterocycles. The molecule has 0 saturated heterocycles. The van der Waals surface area contributed by atoms with Crippen LogP contribution in [0, 0.1) is 13.8 Å². The van der Waals surface area contributed by atoms with Crippen molar-refractivity contribution in [3.63, 3.8) is 0 Å². The first-order valence-corrected chi connectivity index (χ1v) is 10.4. The molecule has 0 aromatic heterocycles. The lowest BCUT2D eigenvalue weighted by molar-refractivity contribution is 0.0935. The molecule has 0 fully saturated rings. The van der Waals surface area contributed by atoms with E-state index < -0.39 is 10.0 Å². The summed E-state index contributed by atoms with van der Waals surface area (Å²) in [7, 11) is -3.32. The first-order valence-electron chi connectivity index (χ1n) is 8.74. The SMILES string of the molecule is CCC(NC(=O)c1ccc(NS(=O)(=O)CC)cc1)c1ccc(C)c(C)c1. The third-order valence-electron chi connectivity index (χ3n) is 4.45. The van der Waals surface area contributed by atoms with Gasteiger partial charge in [0.25, 0.3) is 5.91 Å². The Morgan fingerprint density at radius 2 is 1.65 bits per heavy atom. The minimum Gasteiger partial charge on any atom is -0.345 e. The van der Waals surface area contributed by atoms with Gasteiger partial charge in [0.1, 0.15) is 0 Å². The van der Waals surface area contributed by atoms with Crippen molar-refractivity contribution < 1.29 is 13.2 Å². The zero-order valence-corrected chi connectivity index (χ0v) is 16.5. The molecular formula is C20H26N2O3S. The molecule has 0 bridgehead atoms. The second-order valence-electron chi connectivity index (χ2n) is 6.36. The number of rotatable bonds is 7. The number of carbonyl (C=O) groups is 1. The zero-order chi connectivity index (χ0) is 19.3. The van der Waals surface area contributed by atoms with Crippen LogP contribution in [0.4, 0.5) is 5.69 Å². The van der Waals surface area contributed by atoms with Gasteiger partial charge in [-0.1, -0.05) is 25.1 Å². The number of hydrogen-bond acceptors (Lipinski definition) is 3. The van der Waals surface area contributed by atoms with Crippen LogP contribution in [0.5, 0.6) is 0 Å². The van der Waals surface area contributed by atoms with Crippen molar-refractivity contribution in [2.45, 2.75) is 40.2 Å². The van der Waals surface area contributed by atoms with Crippen LogP contribution in [0.3, 0.4) is 0 Å². The van der Waals surface area contributed by atoms with Gasteiger partial charge < -0.3 is 5.32 Å². The number of sulfonamides is 1. The molecule has 26 heavy (non-hydrogen) atoms. The van der Waals surface area contributed by atoms with E-state index in [0.717, 1.165) is 12.0 Å². The summed E-state index contributed by atoms with van der Waals surface area (Å²) in [5, 5.41) is 3.05. The fraction of sp³-hybridized carbons (Fsp3) is 0.350. The van der Waals surface area contributed by atoms with Gasteiger partial charge >= 0.3 is 0 Å². The topological polar surface area (TPSA) is 75.3 Å². The van der Waals surface area contributed by atoms with Gasteiger partial charge in [0.15, 0.2) is 0 Å². The van der Waals surface area contributed by atoms with Crippen LogP contribution in [0.1, 0.15) is 53.4 Å². The highest BCUT2D eigenvalue weighted by atomic mass is 32.2. The van der Waals surface area contributed by atoms with Gasteiger partial charge in [-0.2, -0.15) is 0 Å². The first-order chi connectivity index (χ1) is 12.3. The van der Waals surface area contributed by atoms with E-state index in [9.17, 15) is 13.2 Å². The van der Waals surface area contributed by atoms with Crippen molar-refractivity contribution in [3.8, 4) is 0 Å². The minimum atomic E-state index is -3.32. The quantitative estimate of drug-likeness (QED) is 0.771. The standard InChI is InChI=1S/C20H26N2O3S/c1-5-19(17-8-7-14(3)15(4)13-17)21-20(23)16-9-11-18(12-10-16)22-26(24,25)6-2/h7-13,19,22H,5-6H2,1-4H3,(H,21,23). The van der Waals surface area contributed by atoms with Crippen LogP contribution in [-0.2, 0) is 10.0 Å². The number of benzene rings is 2. The largest absolute Gasteiger partial charge is 0.345 e. The van der Waals surface area contributed by atoms with Crippen molar-refractivity contribution in [2.24, 2.45) is 0 Å². The van der Waals surface area contributed by atoms with E-state index in [-0.39, 0.29) is 17.7 Å². The summed E-state index contributed by atoms with van der Waals surface area (Å²) in [6, 6.07) is 12.6. The third kappa shape index (κ3) is 5.08. The van der Waals surface area contributed by atoms with Crippen LogP contribution >= 0.6 is 0 Å². The molecule has 6 heteroatoms. The predicted molar refractivity (Wildman–Crippen MR) is 106 cm³/mol. The molecule has 0 aliphatic carbocycles. The molecule has 0 saturated carbocycles. The summed E-state index contributed by atoms with van der Waals surface area (Å²) in [6.07, 6.45) is 0.780. The molecule has 5 nitrogen and oxygen atoms in total. The highest BCUT2D eigenvalue weighted by molar-refractivity contribution is 7.92. The van der Waals surface area contributed by atoms with Gasteiger partial charge in [0, 0.05) is 11.3 Å². The van der Waals surface area contributed by atoms with Gasteiger partial charge in [0.05, 0.1) is 11.8 Å². The average molecular weight is 375 g/mol. The van der Waals surface area contributed by atoms with E-state index in [1.54, 1.807) is 31.2 Å². The van der Waals surface area contributed by atoms with Gasteiger partial charge in [-0.15, -0.1) is 0 Å². The van der Waals surface area contributed by atoms with Crippen molar-refractivity contribution in [1.29, 1.82) is 0 Å². The van der Waals surface area contributed by atoms with E-state index in [1.165, 1.54) is 11.1 Å². The molecular weight excluding hydrogens is 348 g/mol. The summed E-state index contributed by atoms with van der Waals surface area (Å²) in [4.78, 5) is 12.5. The van der Waals surface area contributed by atoms with Crippen LogP contribution in [-0.4, -0.2) is 20.1 Å². The van der Waals surface area contributed by atoms with Crippen LogP contribution < -0.4 is 10.0 Å². The Morgan fingerprint density at radius 1 is 1.00 bits per heavy atom. The molecule has 0 spiro atoms. The second-order valence-corrected chi connectivity index (χ2v) is 8.37. The Morgan fingerprint density at radius 3 is 2.19 bits per heavy atom. The monoisotopic (exact) mass is 374 g/mol. The Kier molecular flexibility index (Phi) is 6.42. The van der Waals surface area contributed by atoms with E-state index >= 15 is 0 Å². The maximum Gasteiger partial charge on any atom is 0.251 e. The molecule has 2 N–H and O–H groups in total. The number of aryl methyl sites for hydroxylation is 2. The summed E-state index contributed by atoms with van der Waals surface area (Å²) < 4.78 is 25.6. The smallest absolute Gasteiger partial charge is 0.251 e. The Bertz CT molecular complexity index is 874. The molecule has 2 aromatic carbocycles. The lowest BCUT2D eigenvalue weighted by Crippen LogP contribution is -2.28. The molecule has 1 unspecified atom stereocenters. The molecule has 140 valence electrons. The fourth-order valence-corrected chi connectivity index (χ4v) is 3.22. The number of nitrogens with one attached hydrogen (secondary N) is 2. The summed E-state index contributed by atoms with van der Waals surface area (Å²) >= 11 is 0. The van der Waals surface area contributed by atoms with Crippen molar-refractivity contribution in [3.05, 3.63) is 64.7 Å². The Hall–Kier alpha value is -2.34. The normalized spacial score (nSPS) is 12.5. The van der Waals surface area contributed by atoms with Crippen molar-refractivity contribution in [2.75, 3.05) is 10.5 Å². The maximum absolute atomic E-state index is 12.5. The molecule has 0 aliphatic rings. The Labute approximate surface area is 155 Å². The fourth-order valence-electron chi connectivity index (χ4n) is 2.59. The maximum atomic E-state index is 12.5.